The molecule has 10 heavy (non-hydrogen) atoms. The van der Waals surface area contributed by atoms with Gasteiger partial charge in [-0.1, -0.05) is 6.58 Å². The summed E-state index contributed by atoms with van der Waals surface area (Å²) in [5, 5.41) is 5.72. The Morgan fingerprint density at radius 3 is 1.90 bits per heavy atom. The van der Waals surface area contributed by atoms with Crippen molar-refractivity contribution in [1.29, 1.82) is 0 Å². The summed E-state index contributed by atoms with van der Waals surface area (Å²) >= 11 is 0. The van der Waals surface area contributed by atoms with Crippen LogP contribution in [0.15, 0.2) is 12.4 Å². The lowest BCUT2D eigenvalue weighted by atomic mass is 10.7. The molecule has 4 heteroatoms. The normalized spacial score (nSPS) is 9.00. The molecule has 0 spiro atoms. The molecule has 2 N–H and O–H groups in total. The van der Waals surface area contributed by atoms with Crippen LogP contribution in [0.5, 0.6) is 0 Å². The van der Waals surface area contributed by atoms with Gasteiger partial charge in [0, 0.05) is 14.2 Å². The molecule has 0 amide bonds. The van der Waals surface area contributed by atoms with Crippen molar-refractivity contribution in [3.8, 4) is 0 Å². The molecule has 0 aromatic heterocycles. The van der Waals surface area contributed by atoms with Gasteiger partial charge in [-0.15, -0.1) is 0 Å². The molecular weight excluding hydrogens is 132 g/mol. The van der Waals surface area contributed by atoms with Crippen molar-refractivity contribution < 1.29 is 9.47 Å². The molecule has 60 valence electrons. The van der Waals surface area contributed by atoms with E-state index in [2.05, 4.69) is 17.2 Å². The fourth-order valence-corrected chi connectivity index (χ4v) is 0.381. The van der Waals surface area contributed by atoms with Crippen molar-refractivity contribution in [1.82, 2.24) is 10.6 Å². The Morgan fingerprint density at radius 2 is 1.60 bits per heavy atom. The SMILES string of the molecule is C=C(NCOC)NCOC. The van der Waals surface area contributed by atoms with Gasteiger partial charge in [0.25, 0.3) is 0 Å². The fourth-order valence-electron chi connectivity index (χ4n) is 0.381. The minimum atomic E-state index is 0.454. The van der Waals surface area contributed by atoms with E-state index in [9.17, 15) is 0 Å². The van der Waals surface area contributed by atoms with Crippen LogP contribution in [0.4, 0.5) is 0 Å². The summed E-state index contributed by atoms with van der Waals surface area (Å²) in [4.78, 5) is 0. The van der Waals surface area contributed by atoms with Gasteiger partial charge in [-0.25, -0.2) is 0 Å². The molecule has 0 aromatic rings. The third kappa shape index (κ3) is 5.40. The monoisotopic (exact) mass is 146 g/mol. The van der Waals surface area contributed by atoms with E-state index < -0.39 is 0 Å². The van der Waals surface area contributed by atoms with Crippen LogP contribution < -0.4 is 10.6 Å². The van der Waals surface area contributed by atoms with Crippen molar-refractivity contribution in [3.63, 3.8) is 0 Å². The summed E-state index contributed by atoms with van der Waals surface area (Å²) in [5.41, 5.74) is 0. The molecule has 0 atom stereocenters. The second-order valence-electron chi connectivity index (χ2n) is 1.70. The molecule has 0 aromatic carbocycles. The Hall–Kier alpha value is -0.740. The molecule has 0 radical (unpaired) electrons. The number of rotatable bonds is 6. The molecule has 0 aliphatic carbocycles. The molecule has 0 rings (SSSR count). The second kappa shape index (κ2) is 6.38. The van der Waals surface area contributed by atoms with E-state index in [4.69, 9.17) is 9.47 Å². The summed E-state index contributed by atoms with van der Waals surface area (Å²) < 4.78 is 9.48. The molecule has 0 saturated carbocycles. The van der Waals surface area contributed by atoms with E-state index in [1.807, 2.05) is 0 Å². The third-order valence-corrected chi connectivity index (χ3v) is 0.860. The Morgan fingerprint density at radius 1 is 1.20 bits per heavy atom. The van der Waals surface area contributed by atoms with Gasteiger partial charge in [-0.05, 0) is 0 Å². The smallest absolute Gasteiger partial charge is 0.117 e. The van der Waals surface area contributed by atoms with Crippen LogP contribution in [0, 0.1) is 0 Å². The summed E-state index contributed by atoms with van der Waals surface area (Å²) in [7, 11) is 3.22. The standard InChI is InChI=1S/C6H14N2O2/c1-6(7-4-9-2)8-5-10-3/h7-8H,1,4-5H2,2-3H3. The predicted molar refractivity (Wildman–Crippen MR) is 39.2 cm³/mol. The average Bonchev–Trinajstić information content (AvgIpc) is 1.97. The zero-order valence-electron chi connectivity index (χ0n) is 6.44. The zero-order valence-corrected chi connectivity index (χ0v) is 6.44. The number of ether oxygens (including phenoxy) is 2. The van der Waals surface area contributed by atoms with Crippen LogP contribution >= 0.6 is 0 Å². The first-order valence-corrected chi connectivity index (χ1v) is 2.95. The first kappa shape index (κ1) is 9.26. The van der Waals surface area contributed by atoms with E-state index >= 15 is 0 Å². The number of nitrogens with one attached hydrogen (secondary N) is 2. The van der Waals surface area contributed by atoms with Crippen LogP contribution in [-0.4, -0.2) is 27.7 Å². The lowest BCUT2D eigenvalue weighted by Crippen LogP contribution is -2.28. The van der Waals surface area contributed by atoms with Gasteiger partial charge in [-0.3, -0.25) is 0 Å². The third-order valence-electron chi connectivity index (χ3n) is 0.860. The first-order chi connectivity index (χ1) is 4.81. The van der Waals surface area contributed by atoms with E-state index in [0.29, 0.717) is 19.3 Å². The fraction of sp³-hybridized carbons (Fsp3) is 0.667. The summed E-state index contributed by atoms with van der Waals surface area (Å²) in [5.74, 6) is 0.698. The van der Waals surface area contributed by atoms with Crippen molar-refractivity contribution in [2.75, 3.05) is 27.7 Å². The van der Waals surface area contributed by atoms with Gasteiger partial charge < -0.3 is 20.1 Å². The first-order valence-electron chi connectivity index (χ1n) is 2.95. The second-order valence-corrected chi connectivity index (χ2v) is 1.70. The highest BCUT2D eigenvalue weighted by Gasteiger charge is 1.86. The average molecular weight is 146 g/mol. The van der Waals surface area contributed by atoms with Gasteiger partial charge >= 0.3 is 0 Å². The van der Waals surface area contributed by atoms with Gasteiger partial charge in [0.1, 0.15) is 13.5 Å². The Balaban J connectivity index is 3.09. The molecular formula is C6H14N2O2. The van der Waals surface area contributed by atoms with Gasteiger partial charge in [0.2, 0.25) is 0 Å². The van der Waals surface area contributed by atoms with Crippen molar-refractivity contribution in [2.24, 2.45) is 0 Å². The highest BCUT2D eigenvalue weighted by Crippen LogP contribution is 1.74. The van der Waals surface area contributed by atoms with Crippen molar-refractivity contribution >= 4 is 0 Å². The molecule has 0 unspecified atom stereocenters. The quantitative estimate of drug-likeness (QED) is 0.511. The van der Waals surface area contributed by atoms with Gasteiger partial charge in [-0.2, -0.15) is 0 Å². The van der Waals surface area contributed by atoms with Gasteiger partial charge in [0.15, 0.2) is 0 Å². The summed E-state index contributed by atoms with van der Waals surface area (Å²) in [6.45, 7) is 4.56. The zero-order chi connectivity index (χ0) is 7.82. The molecule has 0 heterocycles. The Kier molecular flexibility index (Phi) is 5.91. The van der Waals surface area contributed by atoms with Gasteiger partial charge in [0.05, 0.1) is 5.82 Å². The minimum Gasteiger partial charge on any atom is -0.365 e. The van der Waals surface area contributed by atoms with E-state index in [-0.39, 0.29) is 0 Å². The summed E-state index contributed by atoms with van der Waals surface area (Å²) in [6, 6.07) is 0. The Bertz CT molecular complexity index is 85.7. The molecule has 0 saturated heterocycles. The highest BCUT2D eigenvalue weighted by molar-refractivity contribution is 4.84. The molecule has 0 aliphatic rings. The minimum absolute atomic E-state index is 0.454. The van der Waals surface area contributed by atoms with E-state index in [1.54, 1.807) is 14.2 Å². The predicted octanol–water partition coefficient (Wildman–Crippen LogP) is -0.155. The maximum Gasteiger partial charge on any atom is 0.117 e. The van der Waals surface area contributed by atoms with E-state index in [0.717, 1.165) is 0 Å². The van der Waals surface area contributed by atoms with Crippen LogP contribution in [0.3, 0.4) is 0 Å². The van der Waals surface area contributed by atoms with Crippen LogP contribution in [0.2, 0.25) is 0 Å². The lowest BCUT2D eigenvalue weighted by Gasteiger charge is -2.09. The van der Waals surface area contributed by atoms with Crippen LogP contribution in [0.1, 0.15) is 0 Å². The summed E-state index contributed by atoms with van der Waals surface area (Å²) in [6.07, 6.45) is 0. The number of hydrogen-bond donors (Lipinski definition) is 2. The number of hydrogen-bond acceptors (Lipinski definition) is 4. The Labute approximate surface area is 61.2 Å². The topological polar surface area (TPSA) is 42.5 Å². The molecule has 0 fully saturated rings. The molecule has 4 nitrogen and oxygen atoms in total. The lowest BCUT2D eigenvalue weighted by molar-refractivity contribution is 0.164. The maximum absolute atomic E-state index is 4.74. The van der Waals surface area contributed by atoms with Crippen molar-refractivity contribution in [2.45, 2.75) is 0 Å². The van der Waals surface area contributed by atoms with E-state index in [1.165, 1.54) is 0 Å². The highest BCUT2D eigenvalue weighted by atomic mass is 16.5. The van der Waals surface area contributed by atoms with Crippen LogP contribution in [0.25, 0.3) is 0 Å². The molecule has 0 bridgehead atoms. The molecule has 0 aliphatic heterocycles. The number of methoxy groups -OCH3 is 2. The largest absolute Gasteiger partial charge is 0.365 e. The van der Waals surface area contributed by atoms with Crippen molar-refractivity contribution in [3.05, 3.63) is 12.4 Å². The maximum atomic E-state index is 4.74. The van der Waals surface area contributed by atoms with Crippen LogP contribution in [-0.2, 0) is 9.47 Å².